The Morgan fingerprint density at radius 3 is 2.48 bits per heavy atom. The van der Waals surface area contributed by atoms with Crippen LogP contribution in [0.5, 0.6) is 5.75 Å². The summed E-state index contributed by atoms with van der Waals surface area (Å²) in [7, 11) is 0. The topological polar surface area (TPSA) is 85.2 Å². The summed E-state index contributed by atoms with van der Waals surface area (Å²) in [6, 6.07) is 20.8. The Hall–Kier alpha value is -3.85. The molecule has 3 aromatic carbocycles. The average molecular weight is 465 g/mol. The Balaban J connectivity index is 1.47. The van der Waals surface area contributed by atoms with Crippen LogP contribution in [0.2, 0.25) is 0 Å². The summed E-state index contributed by atoms with van der Waals surface area (Å²) < 4.78 is 21.2. The molecule has 0 aliphatic rings. The molecule has 7 nitrogen and oxygen atoms in total. The Kier molecular flexibility index (Phi) is 6.89. The largest absolute Gasteiger partial charge is 0.494 e. The molecule has 0 bridgehead atoms. The quantitative estimate of drug-likeness (QED) is 0.318. The van der Waals surface area contributed by atoms with Crippen LogP contribution in [-0.4, -0.2) is 33.7 Å². The zero-order valence-corrected chi connectivity index (χ0v) is 18.6. The van der Waals surface area contributed by atoms with Crippen LogP contribution in [-0.2, 0) is 4.79 Å². The molecule has 0 saturated carbocycles. The van der Waals surface area contributed by atoms with E-state index in [4.69, 9.17) is 4.74 Å². The standard InChI is InChI=1S/C24H21FN4O3S/c1-2-32-17-13-11-16(12-14-17)29-21-10-6-5-9-20(21)26-24(29)33-15-22(30)27-28-23(31)18-7-3-4-8-19(18)25/h3-14H,2,15H2,1H3,(H,27,30)(H,28,31). The van der Waals surface area contributed by atoms with Crippen LogP contribution in [0.3, 0.4) is 0 Å². The number of hydrazine groups is 1. The van der Waals surface area contributed by atoms with Gasteiger partial charge in [0, 0.05) is 5.69 Å². The van der Waals surface area contributed by atoms with Gasteiger partial charge in [-0.15, -0.1) is 0 Å². The second kappa shape index (κ2) is 10.2. The van der Waals surface area contributed by atoms with Crippen LogP contribution in [0.4, 0.5) is 4.39 Å². The lowest BCUT2D eigenvalue weighted by Crippen LogP contribution is -2.42. The third-order valence-corrected chi connectivity index (χ3v) is 5.64. The maximum atomic E-state index is 13.7. The molecule has 2 amide bonds. The van der Waals surface area contributed by atoms with E-state index in [0.29, 0.717) is 11.8 Å². The fourth-order valence-corrected chi connectivity index (χ4v) is 4.04. The van der Waals surface area contributed by atoms with Crippen molar-refractivity contribution >= 4 is 34.6 Å². The number of rotatable bonds is 7. The molecule has 1 aromatic heterocycles. The number of amides is 2. The Labute approximate surface area is 193 Å². The molecule has 0 radical (unpaired) electrons. The van der Waals surface area contributed by atoms with Crippen LogP contribution in [0.1, 0.15) is 17.3 Å². The van der Waals surface area contributed by atoms with Crippen LogP contribution >= 0.6 is 11.8 Å². The van der Waals surface area contributed by atoms with Crippen molar-refractivity contribution in [3.63, 3.8) is 0 Å². The number of imidazole rings is 1. The molecule has 0 aliphatic carbocycles. The van der Waals surface area contributed by atoms with Gasteiger partial charge in [0.15, 0.2) is 5.16 Å². The summed E-state index contributed by atoms with van der Waals surface area (Å²) in [5, 5.41) is 0.621. The number of nitrogens with zero attached hydrogens (tertiary/aromatic N) is 2. The number of hydrogen-bond donors (Lipinski definition) is 2. The Morgan fingerprint density at radius 2 is 1.73 bits per heavy atom. The van der Waals surface area contributed by atoms with Gasteiger partial charge in [-0.2, -0.15) is 0 Å². The summed E-state index contributed by atoms with van der Waals surface area (Å²) >= 11 is 1.22. The van der Waals surface area contributed by atoms with Crippen molar-refractivity contribution in [2.24, 2.45) is 0 Å². The summed E-state index contributed by atoms with van der Waals surface area (Å²) in [5.41, 5.74) is 6.97. The number of aromatic nitrogens is 2. The van der Waals surface area contributed by atoms with Crippen LogP contribution in [0.15, 0.2) is 78.0 Å². The van der Waals surface area contributed by atoms with E-state index in [1.165, 1.54) is 30.0 Å². The Bertz CT molecular complexity index is 1290. The van der Waals surface area contributed by atoms with Crippen LogP contribution in [0, 0.1) is 5.82 Å². The van der Waals surface area contributed by atoms with Gasteiger partial charge in [0.2, 0.25) is 5.91 Å². The van der Waals surface area contributed by atoms with E-state index in [-0.39, 0.29) is 11.3 Å². The minimum atomic E-state index is -0.729. The normalized spacial score (nSPS) is 10.7. The molecule has 0 atom stereocenters. The third-order valence-electron chi connectivity index (χ3n) is 4.70. The summed E-state index contributed by atoms with van der Waals surface area (Å²) in [5.74, 6) is -1.08. The number of para-hydroxylation sites is 2. The number of thioether (sulfide) groups is 1. The first kappa shape index (κ1) is 22.3. The van der Waals surface area contributed by atoms with E-state index >= 15 is 0 Å². The number of ether oxygens (including phenoxy) is 1. The summed E-state index contributed by atoms with van der Waals surface area (Å²) in [6.45, 7) is 2.51. The number of carbonyl (C=O) groups is 2. The van der Waals surface area contributed by atoms with E-state index in [1.54, 1.807) is 6.07 Å². The van der Waals surface area contributed by atoms with Gasteiger partial charge in [-0.05, 0) is 55.5 Å². The first-order chi connectivity index (χ1) is 16.1. The number of benzene rings is 3. The molecule has 0 aliphatic heterocycles. The molecule has 4 rings (SSSR count). The van der Waals surface area contributed by atoms with E-state index in [1.807, 2.05) is 60.0 Å². The fourth-order valence-electron chi connectivity index (χ4n) is 3.21. The molecule has 0 saturated heterocycles. The first-order valence-electron chi connectivity index (χ1n) is 10.2. The number of hydrogen-bond acceptors (Lipinski definition) is 5. The number of nitrogens with one attached hydrogen (secondary N) is 2. The van der Waals surface area contributed by atoms with Crippen molar-refractivity contribution in [2.75, 3.05) is 12.4 Å². The van der Waals surface area contributed by atoms with Crippen molar-refractivity contribution < 1.29 is 18.7 Å². The maximum absolute atomic E-state index is 13.7. The molecule has 33 heavy (non-hydrogen) atoms. The van der Waals surface area contributed by atoms with Crippen molar-refractivity contribution in [3.8, 4) is 11.4 Å². The zero-order valence-electron chi connectivity index (χ0n) is 17.7. The third kappa shape index (κ3) is 5.15. The highest BCUT2D eigenvalue weighted by Crippen LogP contribution is 2.28. The van der Waals surface area contributed by atoms with Crippen LogP contribution in [0.25, 0.3) is 16.7 Å². The Morgan fingerprint density at radius 1 is 1.00 bits per heavy atom. The van der Waals surface area contributed by atoms with Gasteiger partial charge in [-0.3, -0.25) is 25.0 Å². The summed E-state index contributed by atoms with van der Waals surface area (Å²) in [6.07, 6.45) is 0. The number of fused-ring (bicyclic) bond motifs is 1. The molecule has 1 heterocycles. The highest BCUT2D eigenvalue weighted by atomic mass is 32.2. The molecule has 0 spiro atoms. The van der Waals surface area contributed by atoms with Gasteiger partial charge in [-0.25, -0.2) is 9.37 Å². The lowest BCUT2D eigenvalue weighted by atomic mass is 10.2. The number of halogens is 1. The van der Waals surface area contributed by atoms with Gasteiger partial charge in [-0.1, -0.05) is 36.0 Å². The average Bonchev–Trinajstić information content (AvgIpc) is 3.20. The van der Waals surface area contributed by atoms with Gasteiger partial charge in [0.25, 0.3) is 5.91 Å². The van der Waals surface area contributed by atoms with Gasteiger partial charge in [0.1, 0.15) is 11.6 Å². The highest BCUT2D eigenvalue weighted by molar-refractivity contribution is 7.99. The van der Waals surface area contributed by atoms with Crippen LogP contribution < -0.4 is 15.6 Å². The highest BCUT2D eigenvalue weighted by Gasteiger charge is 2.16. The zero-order chi connectivity index (χ0) is 23.2. The molecule has 2 N–H and O–H groups in total. The minimum absolute atomic E-state index is 0.00208. The summed E-state index contributed by atoms with van der Waals surface area (Å²) in [4.78, 5) is 29.1. The molecular weight excluding hydrogens is 443 g/mol. The van der Waals surface area contributed by atoms with E-state index in [2.05, 4.69) is 15.8 Å². The second-order valence-corrected chi connectivity index (χ2v) is 7.86. The van der Waals surface area contributed by atoms with Gasteiger partial charge < -0.3 is 4.74 Å². The molecule has 0 fully saturated rings. The van der Waals surface area contributed by atoms with Crippen molar-refractivity contribution in [1.29, 1.82) is 0 Å². The number of carbonyl (C=O) groups excluding carboxylic acids is 2. The van der Waals surface area contributed by atoms with E-state index in [9.17, 15) is 14.0 Å². The van der Waals surface area contributed by atoms with Crippen molar-refractivity contribution in [3.05, 3.63) is 84.2 Å². The smallest absolute Gasteiger partial charge is 0.272 e. The van der Waals surface area contributed by atoms with E-state index in [0.717, 1.165) is 22.5 Å². The molecular formula is C24H21FN4O3S. The fraction of sp³-hybridized carbons (Fsp3) is 0.125. The molecule has 0 unspecified atom stereocenters. The van der Waals surface area contributed by atoms with Crippen molar-refractivity contribution in [1.82, 2.24) is 20.4 Å². The SMILES string of the molecule is CCOc1ccc(-n2c(SCC(=O)NNC(=O)c3ccccc3F)nc3ccccc32)cc1. The predicted octanol–water partition coefficient (Wildman–Crippen LogP) is 4.12. The lowest BCUT2D eigenvalue weighted by molar-refractivity contribution is -0.119. The van der Waals surface area contributed by atoms with Gasteiger partial charge >= 0.3 is 0 Å². The maximum Gasteiger partial charge on any atom is 0.272 e. The molecule has 9 heteroatoms. The monoisotopic (exact) mass is 464 g/mol. The lowest BCUT2D eigenvalue weighted by Gasteiger charge is -2.11. The van der Waals surface area contributed by atoms with E-state index < -0.39 is 17.6 Å². The van der Waals surface area contributed by atoms with Gasteiger partial charge in [0.05, 0.1) is 29.0 Å². The molecule has 4 aromatic rings. The first-order valence-corrected chi connectivity index (χ1v) is 11.2. The predicted molar refractivity (Wildman–Crippen MR) is 125 cm³/mol. The molecule has 168 valence electrons. The second-order valence-electron chi connectivity index (χ2n) is 6.92. The minimum Gasteiger partial charge on any atom is -0.494 e. The van der Waals surface area contributed by atoms with Crippen molar-refractivity contribution in [2.45, 2.75) is 12.1 Å².